The molecule has 0 unspecified atom stereocenters. The number of aromatic carboxylic acids is 1. The second kappa shape index (κ2) is 3.98. The first-order chi connectivity index (χ1) is 6.16. The topological polar surface area (TPSA) is 86.9 Å². The van der Waals surface area contributed by atoms with Crippen LogP contribution in [0.15, 0.2) is 6.08 Å². The van der Waals surface area contributed by atoms with Crippen molar-refractivity contribution in [2.45, 2.75) is 0 Å². The Morgan fingerprint density at radius 1 is 1.62 bits per heavy atom. The summed E-state index contributed by atoms with van der Waals surface area (Å²) in [7, 11) is 0. The number of aromatic nitrogens is 2. The summed E-state index contributed by atoms with van der Waals surface area (Å²) < 4.78 is 7.17. The number of halogens is 1. The summed E-state index contributed by atoms with van der Waals surface area (Å²) in [5.41, 5.74) is -0.206. The van der Waals surface area contributed by atoms with Crippen molar-refractivity contribution in [1.82, 2.24) is 8.75 Å². The molecule has 0 amide bonds. The van der Waals surface area contributed by atoms with Gasteiger partial charge in [0.25, 0.3) is 0 Å². The Labute approximate surface area is 82.2 Å². The van der Waals surface area contributed by atoms with Crippen LogP contribution in [0.4, 0.5) is 0 Å². The lowest BCUT2D eigenvalue weighted by molar-refractivity contribution is 0.0691. The van der Waals surface area contributed by atoms with Crippen molar-refractivity contribution in [2.75, 3.05) is 0 Å². The highest BCUT2D eigenvalue weighted by Crippen LogP contribution is 2.20. The first-order valence-electron chi connectivity index (χ1n) is 2.98. The molecule has 0 aliphatic rings. The lowest BCUT2D eigenvalue weighted by atomic mass is 10.3. The predicted octanol–water partition coefficient (Wildman–Crippen LogP) is 1.34. The number of carbonyl (C=O) groups is 1. The smallest absolute Gasteiger partial charge is 0.358 e. The molecule has 7 heteroatoms. The second-order valence-electron chi connectivity index (χ2n) is 1.89. The number of allylic oxidation sites excluding steroid dienone is 1. The number of nitrogens with zero attached hydrogens (tertiary/aromatic N) is 3. The second-order valence-corrected chi connectivity index (χ2v) is 2.82. The molecule has 0 bridgehead atoms. The van der Waals surface area contributed by atoms with Crippen molar-refractivity contribution in [3.8, 4) is 6.07 Å². The molecule has 0 saturated heterocycles. The average molecular weight is 216 g/mol. The SMILES string of the molecule is N#C/C=C(\Cl)c1nsnc1C(=O)O. The highest BCUT2D eigenvalue weighted by molar-refractivity contribution is 6.99. The minimum atomic E-state index is -1.21. The van der Waals surface area contributed by atoms with Gasteiger partial charge in [-0.3, -0.25) is 0 Å². The Bertz CT molecular complexity index is 406. The zero-order valence-corrected chi connectivity index (χ0v) is 7.63. The Balaban J connectivity index is 3.16. The molecule has 0 atom stereocenters. The van der Waals surface area contributed by atoms with Crippen LogP contribution in [0.5, 0.6) is 0 Å². The Kier molecular flexibility index (Phi) is 2.95. The van der Waals surface area contributed by atoms with E-state index in [1.165, 1.54) is 0 Å². The summed E-state index contributed by atoms with van der Waals surface area (Å²) in [5, 5.41) is 16.8. The van der Waals surface area contributed by atoms with Crippen molar-refractivity contribution < 1.29 is 9.90 Å². The van der Waals surface area contributed by atoms with Crippen LogP contribution in [-0.2, 0) is 0 Å². The maximum atomic E-state index is 10.5. The average Bonchev–Trinajstić information content (AvgIpc) is 2.52. The molecule has 1 rings (SSSR count). The number of hydrogen-bond acceptors (Lipinski definition) is 5. The molecule has 0 aliphatic carbocycles. The van der Waals surface area contributed by atoms with Crippen LogP contribution >= 0.6 is 23.3 Å². The van der Waals surface area contributed by atoms with Gasteiger partial charge >= 0.3 is 5.97 Å². The molecule has 1 aromatic rings. The van der Waals surface area contributed by atoms with Gasteiger partial charge < -0.3 is 5.11 Å². The van der Waals surface area contributed by atoms with Crippen molar-refractivity contribution >= 4 is 34.3 Å². The van der Waals surface area contributed by atoms with Crippen molar-refractivity contribution in [3.63, 3.8) is 0 Å². The normalized spacial score (nSPS) is 10.9. The fourth-order valence-corrected chi connectivity index (χ4v) is 1.39. The van der Waals surface area contributed by atoms with Gasteiger partial charge in [-0.2, -0.15) is 14.0 Å². The molecular formula is C6H2ClN3O2S. The predicted molar refractivity (Wildman–Crippen MR) is 46.3 cm³/mol. The molecule has 0 fully saturated rings. The van der Waals surface area contributed by atoms with E-state index in [4.69, 9.17) is 22.0 Å². The van der Waals surface area contributed by atoms with Crippen LogP contribution in [0, 0.1) is 11.3 Å². The summed E-state index contributed by atoms with van der Waals surface area (Å²) in [6, 6.07) is 1.67. The highest BCUT2D eigenvalue weighted by atomic mass is 35.5. The maximum Gasteiger partial charge on any atom is 0.358 e. The molecule has 0 radical (unpaired) electrons. The van der Waals surface area contributed by atoms with Crippen molar-refractivity contribution in [3.05, 3.63) is 17.5 Å². The molecule has 0 aromatic carbocycles. The third-order valence-electron chi connectivity index (χ3n) is 1.11. The van der Waals surface area contributed by atoms with Crippen LogP contribution in [0.2, 0.25) is 0 Å². The van der Waals surface area contributed by atoms with Crippen LogP contribution in [0.3, 0.4) is 0 Å². The molecule has 66 valence electrons. The van der Waals surface area contributed by atoms with E-state index in [2.05, 4.69) is 8.75 Å². The molecule has 13 heavy (non-hydrogen) atoms. The van der Waals surface area contributed by atoms with Gasteiger partial charge in [0.1, 0.15) is 5.69 Å². The molecule has 5 nitrogen and oxygen atoms in total. The number of nitriles is 1. The number of rotatable bonds is 2. The van der Waals surface area contributed by atoms with E-state index < -0.39 is 5.97 Å². The molecule has 1 heterocycles. The molecule has 1 aromatic heterocycles. The van der Waals surface area contributed by atoms with Crippen LogP contribution < -0.4 is 0 Å². The van der Waals surface area contributed by atoms with Crippen molar-refractivity contribution in [1.29, 1.82) is 5.26 Å². The summed E-state index contributed by atoms with van der Waals surface area (Å²) >= 11 is 6.31. The van der Waals surface area contributed by atoms with Gasteiger partial charge in [-0.05, 0) is 0 Å². The number of carboxylic acid groups (broad SMARTS) is 1. The van der Waals surface area contributed by atoms with Crippen LogP contribution in [0.1, 0.15) is 16.2 Å². The molecule has 1 N–H and O–H groups in total. The fourth-order valence-electron chi connectivity index (χ4n) is 0.611. The van der Waals surface area contributed by atoms with Gasteiger partial charge in [0, 0.05) is 6.08 Å². The van der Waals surface area contributed by atoms with E-state index in [1.54, 1.807) is 6.07 Å². The molecule has 0 saturated carbocycles. The third-order valence-corrected chi connectivity index (χ3v) is 1.93. The van der Waals surface area contributed by atoms with E-state index in [1.807, 2.05) is 0 Å². The van der Waals surface area contributed by atoms with E-state index in [-0.39, 0.29) is 16.4 Å². The Morgan fingerprint density at radius 2 is 2.23 bits per heavy atom. The van der Waals surface area contributed by atoms with E-state index in [0.29, 0.717) is 0 Å². The van der Waals surface area contributed by atoms with E-state index in [9.17, 15) is 4.79 Å². The zero-order valence-electron chi connectivity index (χ0n) is 6.06. The third kappa shape index (κ3) is 2.02. The van der Waals surface area contributed by atoms with Crippen LogP contribution in [-0.4, -0.2) is 19.8 Å². The lowest BCUT2D eigenvalue weighted by Gasteiger charge is -1.90. The first-order valence-corrected chi connectivity index (χ1v) is 4.09. The van der Waals surface area contributed by atoms with E-state index in [0.717, 1.165) is 17.8 Å². The van der Waals surface area contributed by atoms with Gasteiger partial charge in [0.05, 0.1) is 22.8 Å². The minimum absolute atomic E-state index is 0.0198. The van der Waals surface area contributed by atoms with Gasteiger partial charge in [-0.15, -0.1) is 0 Å². The largest absolute Gasteiger partial charge is 0.476 e. The number of hydrogen-bond donors (Lipinski definition) is 1. The van der Waals surface area contributed by atoms with Gasteiger partial charge in [-0.1, -0.05) is 11.6 Å². The highest BCUT2D eigenvalue weighted by Gasteiger charge is 2.17. The van der Waals surface area contributed by atoms with Gasteiger partial charge in [0.15, 0.2) is 5.69 Å². The lowest BCUT2D eigenvalue weighted by Crippen LogP contribution is -1.99. The molecule has 0 spiro atoms. The quantitative estimate of drug-likeness (QED) is 0.753. The maximum absolute atomic E-state index is 10.5. The monoisotopic (exact) mass is 215 g/mol. The Hall–Kier alpha value is -1.45. The Morgan fingerprint density at radius 3 is 2.77 bits per heavy atom. The van der Waals surface area contributed by atoms with Crippen LogP contribution in [0.25, 0.3) is 5.03 Å². The number of carboxylic acids is 1. The fraction of sp³-hybridized carbons (Fsp3) is 0. The van der Waals surface area contributed by atoms with Gasteiger partial charge in [-0.25, -0.2) is 4.79 Å². The first kappa shape index (κ1) is 9.64. The van der Waals surface area contributed by atoms with E-state index >= 15 is 0 Å². The summed E-state index contributed by atoms with van der Waals surface area (Å²) in [4.78, 5) is 10.5. The van der Waals surface area contributed by atoms with Gasteiger partial charge in [0.2, 0.25) is 0 Å². The van der Waals surface area contributed by atoms with Crippen molar-refractivity contribution in [2.24, 2.45) is 0 Å². The molecular weight excluding hydrogens is 214 g/mol. The summed E-state index contributed by atoms with van der Waals surface area (Å²) in [6.45, 7) is 0. The zero-order chi connectivity index (χ0) is 9.84. The summed E-state index contributed by atoms with van der Waals surface area (Å²) in [6.07, 6.45) is 1.00. The summed E-state index contributed by atoms with van der Waals surface area (Å²) in [5.74, 6) is -1.21. The minimum Gasteiger partial charge on any atom is -0.476 e. The standard InChI is InChI=1S/C6H2ClN3O2S/c7-3(1-2-8)4-5(6(11)12)10-13-9-4/h1H,(H,11,12)/b3-1-. The molecule has 0 aliphatic heterocycles.